The van der Waals surface area contributed by atoms with Gasteiger partial charge in [0, 0.05) is 11.9 Å². The topological polar surface area (TPSA) is 102 Å². The minimum absolute atomic E-state index is 0.0154. The van der Waals surface area contributed by atoms with Crippen molar-refractivity contribution in [1.29, 1.82) is 0 Å². The Balaban J connectivity index is 1.95. The van der Waals surface area contributed by atoms with E-state index in [1.165, 1.54) is 43.7 Å². The molecule has 1 aromatic heterocycles. The molecule has 0 fully saturated rings. The van der Waals surface area contributed by atoms with E-state index in [1.807, 2.05) is 17.5 Å². The molecule has 0 spiro atoms. The zero-order valence-electron chi connectivity index (χ0n) is 14.2. The number of thiophene rings is 1. The molecule has 2 rings (SSSR count). The largest absolute Gasteiger partial charge is 0.452 e. The number of hydroxylamine groups is 1. The van der Waals surface area contributed by atoms with Gasteiger partial charge in [-0.25, -0.2) is 13.2 Å². The molecule has 140 valence electrons. The number of hydrogen-bond donors (Lipinski definition) is 1. The van der Waals surface area contributed by atoms with Gasteiger partial charge in [-0.05, 0) is 29.6 Å². The number of esters is 1. The molecular formula is C16H18N2O6S2. The number of sulfonamides is 1. The second-order valence-electron chi connectivity index (χ2n) is 5.06. The van der Waals surface area contributed by atoms with Crippen molar-refractivity contribution >= 4 is 33.2 Å². The maximum Gasteiger partial charge on any atom is 0.338 e. The van der Waals surface area contributed by atoms with Gasteiger partial charge in [0.05, 0.1) is 24.1 Å². The zero-order valence-corrected chi connectivity index (χ0v) is 15.8. The van der Waals surface area contributed by atoms with Gasteiger partial charge in [0.1, 0.15) is 0 Å². The highest BCUT2D eigenvalue weighted by Gasteiger charge is 2.22. The Labute approximate surface area is 155 Å². The summed E-state index contributed by atoms with van der Waals surface area (Å²) in [5.41, 5.74) is 0.0154. The molecule has 10 heteroatoms. The lowest BCUT2D eigenvalue weighted by Gasteiger charge is -2.14. The number of carbonyl (C=O) groups excluding carboxylic acids is 2. The third kappa shape index (κ3) is 5.11. The van der Waals surface area contributed by atoms with E-state index in [1.54, 1.807) is 0 Å². The van der Waals surface area contributed by atoms with E-state index < -0.39 is 28.5 Å². The Morgan fingerprint density at radius 2 is 2.00 bits per heavy atom. The number of benzene rings is 1. The molecule has 0 atom stereocenters. The van der Waals surface area contributed by atoms with Crippen molar-refractivity contribution in [3.05, 3.63) is 52.2 Å². The summed E-state index contributed by atoms with van der Waals surface area (Å²) < 4.78 is 30.0. The van der Waals surface area contributed by atoms with Crippen LogP contribution in [-0.2, 0) is 30.9 Å². The molecule has 8 nitrogen and oxygen atoms in total. The van der Waals surface area contributed by atoms with Gasteiger partial charge in [0.15, 0.2) is 6.61 Å². The standard InChI is InChI=1S/C16H18N2O6S2/c1-18(23-2)26(21,22)14-7-3-5-12(9-14)16(20)24-11-15(19)17-10-13-6-4-8-25-13/h3-9H,10-11H2,1-2H3,(H,17,19). The summed E-state index contributed by atoms with van der Waals surface area (Å²) in [5.74, 6) is -1.25. The van der Waals surface area contributed by atoms with E-state index >= 15 is 0 Å². The van der Waals surface area contributed by atoms with E-state index in [4.69, 9.17) is 4.74 Å². The third-order valence-electron chi connectivity index (χ3n) is 3.34. The number of rotatable bonds is 8. The van der Waals surface area contributed by atoms with Crippen LogP contribution in [0.3, 0.4) is 0 Å². The molecule has 0 aliphatic rings. The number of hydrogen-bond acceptors (Lipinski definition) is 7. The average molecular weight is 398 g/mol. The second-order valence-corrected chi connectivity index (χ2v) is 8.03. The minimum atomic E-state index is -3.88. The van der Waals surface area contributed by atoms with Crippen LogP contribution in [0.4, 0.5) is 0 Å². The molecule has 1 N–H and O–H groups in total. The van der Waals surface area contributed by atoms with E-state index in [2.05, 4.69) is 10.2 Å². The monoisotopic (exact) mass is 398 g/mol. The first kappa shape index (κ1) is 20.0. The normalized spacial score (nSPS) is 11.3. The van der Waals surface area contributed by atoms with Gasteiger partial charge >= 0.3 is 5.97 Å². The molecule has 0 saturated carbocycles. The van der Waals surface area contributed by atoms with Gasteiger partial charge in [0.25, 0.3) is 15.9 Å². The number of nitrogens with one attached hydrogen (secondary N) is 1. The number of nitrogens with zero attached hydrogens (tertiary/aromatic N) is 1. The number of carbonyl (C=O) groups is 2. The highest BCUT2D eigenvalue weighted by atomic mass is 32.2. The van der Waals surface area contributed by atoms with Crippen molar-refractivity contribution in [2.75, 3.05) is 20.8 Å². The van der Waals surface area contributed by atoms with Gasteiger partial charge in [0.2, 0.25) is 0 Å². The Kier molecular flexibility index (Phi) is 6.86. The van der Waals surface area contributed by atoms with Crippen LogP contribution in [0.25, 0.3) is 0 Å². The molecule has 1 amide bonds. The van der Waals surface area contributed by atoms with Gasteiger partial charge in [-0.2, -0.15) is 0 Å². The van der Waals surface area contributed by atoms with Gasteiger partial charge in [-0.3, -0.25) is 9.63 Å². The van der Waals surface area contributed by atoms with Crippen LogP contribution in [0, 0.1) is 0 Å². The van der Waals surface area contributed by atoms with Crippen LogP contribution in [0.1, 0.15) is 15.2 Å². The Morgan fingerprint density at radius 3 is 2.65 bits per heavy atom. The summed E-state index contributed by atoms with van der Waals surface area (Å²) in [6.45, 7) is -0.107. The Morgan fingerprint density at radius 1 is 1.23 bits per heavy atom. The summed E-state index contributed by atoms with van der Waals surface area (Å²) in [7, 11) is -1.44. The molecule has 2 aromatic rings. The molecule has 0 saturated heterocycles. The van der Waals surface area contributed by atoms with Crippen LogP contribution in [-0.4, -0.2) is 45.5 Å². The Bertz CT molecular complexity index is 865. The first-order chi connectivity index (χ1) is 12.3. The first-order valence-electron chi connectivity index (χ1n) is 7.44. The van der Waals surface area contributed by atoms with E-state index in [9.17, 15) is 18.0 Å². The molecule has 0 radical (unpaired) electrons. The zero-order chi connectivity index (χ0) is 19.2. The maximum absolute atomic E-state index is 12.2. The van der Waals surface area contributed by atoms with Crippen LogP contribution in [0.15, 0.2) is 46.7 Å². The lowest BCUT2D eigenvalue weighted by atomic mass is 10.2. The smallest absolute Gasteiger partial charge is 0.338 e. The fraction of sp³-hybridized carbons (Fsp3) is 0.250. The van der Waals surface area contributed by atoms with Crippen LogP contribution in [0.2, 0.25) is 0 Å². The summed E-state index contributed by atoms with van der Waals surface area (Å²) >= 11 is 1.50. The van der Waals surface area contributed by atoms with Crippen molar-refractivity contribution < 1.29 is 27.6 Å². The molecule has 0 bridgehead atoms. The number of ether oxygens (including phenoxy) is 1. The lowest BCUT2D eigenvalue weighted by molar-refractivity contribution is -0.124. The minimum Gasteiger partial charge on any atom is -0.452 e. The van der Waals surface area contributed by atoms with Crippen LogP contribution >= 0.6 is 11.3 Å². The van der Waals surface area contributed by atoms with E-state index in [0.29, 0.717) is 11.0 Å². The predicted molar refractivity (Wildman–Crippen MR) is 94.8 cm³/mol. The molecule has 1 heterocycles. The van der Waals surface area contributed by atoms with E-state index in [0.717, 1.165) is 10.9 Å². The fourth-order valence-corrected chi connectivity index (χ4v) is 3.56. The number of amides is 1. The van der Waals surface area contributed by atoms with Crippen LogP contribution < -0.4 is 5.32 Å². The molecule has 1 aromatic carbocycles. The van der Waals surface area contributed by atoms with Crippen molar-refractivity contribution in [2.45, 2.75) is 11.4 Å². The summed E-state index contributed by atoms with van der Waals surface area (Å²) in [6.07, 6.45) is 0. The molecule has 0 aliphatic heterocycles. The SMILES string of the molecule is CON(C)S(=O)(=O)c1cccc(C(=O)OCC(=O)NCc2cccs2)c1. The fourth-order valence-electron chi connectivity index (χ4n) is 1.89. The quantitative estimate of drug-likeness (QED) is 0.533. The highest BCUT2D eigenvalue weighted by Crippen LogP contribution is 2.16. The molecule has 0 unspecified atom stereocenters. The van der Waals surface area contributed by atoms with Crippen molar-refractivity contribution in [2.24, 2.45) is 0 Å². The van der Waals surface area contributed by atoms with Gasteiger partial charge in [-0.1, -0.05) is 16.6 Å². The van der Waals surface area contributed by atoms with Gasteiger partial charge in [-0.15, -0.1) is 11.3 Å². The predicted octanol–water partition coefficient (Wildman–Crippen LogP) is 1.40. The van der Waals surface area contributed by atoms with E-state index in [-0.39, 0.29) is 10.5 Å². The average Bonchev–Trinajstić information content (AvgIpc) is 3.17. The second kappa shape index (κ2) is 8.90. The van der Waals surface area contributed by atoms with Crippen molar-refractivity contribution in [1.82, 2.24) is 9.79 Å². The maximum atomic E-state index is 12.2. The van der Waals surface area contributed by atoms with Gasteiger partial charge < -0.3 is 10.1 Å². The Hall–Kier alpha value is -2.27. The molecular weight excluding hydrogens is 380 g/mol. The first-order valence-corrected chi connectivity index (χ1v) is 9.76. The molecule has 26 heavy (non-hydrogen) atoms. The summed E-state index contributed by atoms with van der Waals surface area (Å²) in [4.78, 5) is 29.3. The van der Waals surface area contributed by atoms with Crippen molar-refractivity contribution in [3.63, 3.8) is 0 Å². The van der Waals surface area contributed by atoms with Crippen molar-refractivity contribution in [3.8, 4) is 0 Å². The third-order valence-corrected chi connectivity index (χ3v) is 5.89. The van der Waals surface area contributed by atoms with Crippen LogP contribution in [0.5, 0.6) is 0 Å². The highest BCUT2D eigenvalue weighted by molar-refractivity contribution is 7.89. The lowest BCUT2D eigenvalue weighted by Crippen LogP contribution is -2.28. The summed E-state index contributed by atoms with van der Waals surface area (Å²) in [6, 6.07) is 9.04. The molecule has 0 aliphatic carbocycles. The summed E-state index contributed by atoms with van der Waals surface area (Å²) in [5, 5.41) is 4.52.